The number of rotatable bonds is 10. The van der Waals surface area contributed by atoms with Crippen molar-refractivity contribution in [2.24, 2.45) is 0 Å². The molecule has 0 aliphatic rings. The quantitative estimate of drug-likeness (QED) is 0.593. The van der Waals surface area contributed by atoms with E-state index in [0.29, 0.717) is 18.8 Å². The van der Waals surface area contributed by atoms with Crippen molar-refractivity contribution in [2.45, 2.75) is 60.0 Å². The van der Waals surface area contributed by atoms with Crippen LogP contribution in [0.5, 0.6) is 5.75 Å². The molecule has 2 aromatic carbocycles. The summed E-state index contributed by atoms with van der Waals surface area (Å²) in [7, 11) is 0. The third kappa shape index (κ3) is 6.90. The van der Waals surface area contributed by atoms with E-state index in [4.69, 9.17) is 4.74 Å². The van der Waals surface area contributed by atoms with Crippen LogP contribution < -0.4 is 10.1 Å². The van der Waals surface area contributed by atoms with E-state index >= 15 is 0 Å². The zero-order valence-corrected chi connectivity index (χ0v) is 18.8. The zero-order valence-electron chi connectivity index (χ0n) is 18.8. The highest BCUT2D eigenvalue weighted by atomic mass is 16.5. The largest absolute Gasteiger partial charge is 0.483 e. The molecule has 1 atom stereocenters. The zero-order chi connectivity index (χ0) is 22.1. The number of hydrogen-bond donors (Lipinski definition) is 1. The Morgan fingerprint density at radius 2 is 1.70 bits per heavy atom. The Bertz CT molecular complexity index is 846. The maximum atomic E-state index is 13.1. The first kappa shape index (κ1) is 23.5. The Labute approximate surface area is 180 Å². The molecule has 0 bridgehead atoms. The second-order valence-electron chi connectivity index (χ2n) is 7.89. The molecule has 0 radical (unpaired) electrons. The van der Waals surface area contributed by atoms with Crippen LogP contribution in [0.15, 0.2) is 42.5 Å². The van der Waals surface area contributed by atoms with Gasteiger partial charge in [-0.2, -0.15) is 0 Å². The summed E-state index contributed by atoms with van der Waals surface area (Å²) in [5.74, 6) is 0.337. The minimum absolute atomic E-state index is 0.108. The van der Waals surface area contributed by atoms with Crippen molar-refractivity contribution in [3.8, 4) is 5.75 Å². The summed E-state index contributed by atoms with van der Waals surface area (Å²) in [6, 6.07) is 13.3. The highest BCUT2D eigenvalue weighted by molar-refractivity contribution is 5.87. The number of carbonyl (C=O) groups is 2. The van der Waals surface area contributed by atoms with Crippen LogP contribution in [0.4, 0.5) is 0 Å². The summed E-state index contributed by atoms with van der Waals surface area (Å²) < 4.78 is 5.82. The molecule has 0 saturated heterocycles. The van der Waals surface area contributed by atoms with E-state index in [9.17, 15) is 9.59 Å². The lowest BCUT2D eigenvalue weighted by molar-refractivity contribution is -0.142. The van der Waals surface area contributed by atoms with Gasteiger partial charge in [-0.1, -0.05) is 55.3 Å². The fourth-order valence-electron chi connectivity index (χ4n) is 3.09. The number of nitrogens with zero attached hydrogens (tertiary/aromatic N) is 1. The lowest BCUT2D eigenvalue weighted by atomic mass is 10.1. The minimum atomic E-state index is -0.585. The summed E-state index contributed by atoms with van der Waals surface area (Å²) in [6.07, 6.45) is 1.92. The Morgan fingerprint density at radius 3 is 2.37 bits per heavy atom. The van der Waals surface area contributed by atoms with Crippen molar-refractivity contribution in [1.29, 1.82) is 0 Å². The number of unbranched alkanes of at least 4 members (excludes halogenated alkanes) is 1. The number of nitrogens with one attached hydrogen (secondary N) is 1. The van der Waals surface area contributed by atoms with Gasteiger partial charge in [0, 0.05) is 13.1 Å². The molecule has 0 saturated carbocycles. The standard InChI is InChI=1S/C25H34N2O3/c1-6-7-14-26-25(29)21(5)27(16-22-12-9-18(2)10-13-22)24(28)17-30-23-15-19(3)8-11-20(23)4/h8-13,15,21H,6-7,14,16-17H2,1-5H3,(H,26,29)/t21-/m1/s1. The number of carbonyl (C=O) groups excluding carboxylic acids is 2. The predicted molar refractivity (Wildman–Crippen MR) is 121 cm³/mol. The Hall–Kier alpha value is -2.82. The SMILES string of the molecule is CCCCNC(=O)[C@@H](C)N(Cc1ccc(C)cc1)C(=O)COc1cc(C)ccc1C. The second kappa shape index (κ2) is 11.4. The third-order valence-electron chi connectivity index (χ3n) is 5.17. The van der Waals surface area contributed by atoms with Crippen LogP contribution >= 0.6 is 0 Å². The second-order valence-corrected chi connectivity index (χ2v) is 7.89. The molecule has 5 nitrogen and oxygen atoms in total. The molecule has 2 amide bonds. The van der Waals surface area contributed by atoms with Crippen LogP contribution in [0, 0.1) is 20.8 Å². The summed E-state index contributed by atoms with van der Waals surface area (Å²) in [5, 5.41) is 2.93. The lowest BCUT2D eigenvalue weighted by Gasteiger charge is -2.29. The van der Waals surface area contributed by atoms with Gasteiger partial charge in [-0.05, 0) is 56.9 Å². The molecule has 0 unspecified atom stereocenters. The smallest absolute Gasteiger partial charge is 0.261 e. The van der Waals surface area contributed by atoms with E-state index in [1.165, 1.54) is 0 Å². The van der Waals surface area contributed by atoms with Gasteiger partial charge in [0.2, 0.25) is 5.91 Å². The summed E-state index contributed by atoms with van der Waals surface area (Å²) in [4.78, 5) is 27.3. The van der Waals surface area contributed by atoms with Gasteiger partial charge in [0.15, 0.2) is 6.61 Å². The van der Waals surface area contributed by atoms with Crippen LogP contribution in [0.3, 0.4) is 0 Å². The first-order valence-electron chi connectivity index (χ1n) is 10.6. The van der Waals surface area contributed by atoms with Crippen LogP contribution in [0.25, 0.3) is 0 Å². The highest BCUT2D eigenvalue weighted by Gasteiger charge is 2.26. The van der Waals surface area contributed by atoms with E-state index < -0.39 is 6.04 Å². The van der Waals surface area contributed by atoms with Crippen molar-refractivity contribution in [1.82, 2.24) is 10.2 Å². The lowest BCUT2D eigenvalue weighted by Crippen LogP contribution is -2.49. The molecule has 0 fully saturated rings. The molecule has 30 heavy (non-hydrogen) atoms. The van der Waals surface area contributed by atoms with Crippen LogP contribution in [0.1, 0.15) is 48.9 Å². The average Bonchev–Trinajstić information content (AvgIpc) is 2.73. The number of aryl methyl sites for hydroxylation is 3. The number of hydrogen-bond acceptors (Lipinski definition) is 3. The minimum Gasteiger partial charge on any atom is -0.483 e. The molecule has 1 N–H and O–H groups in total. The molecule has 2 rings (SSSR count). The number of amides is 2. The molecular formula is C25H34N2O3. The van der Waals surface area contributed by atoms with E-state index in [-0.39, 0.29) is 18.4 Å². The van der Waals surface area contributed by atoms with Crippen molar-refractivity contribution in [3.05, 3.63) is 64.7 Å². The summed E-state index contributed by atoms with van der Waals surface area (Å²) >= 11 is 0. The van der Waals surface area contributed by atoms with Gasteiger partial charge < -0.3 is 15.0 Å². The van der Waals surface area contributed by atoms with E-state index in [1.807, 2.05) is 63.2 Å². The fraction of sp³-hybridized carbons (Fsp3) is 0.440. The van der Waals surface area contributed by atoms with E-state index in [2.05, 4.69) is 12.2 Å². The van der Waals surface area contributed by atoms with Gasteiger partial charge in [-0.15, -0.1) is 0 Å². The van der Waals surface area contributed by atoms with Gasteiger partial charge in [0.25, 0.3) is 5.91 Å². The molecule has 2 aromatic rings. The normalized spacial score (nSPS) is 11.6. The van der Waals surface area contributed by atoms with Gasteiger partial charge in [0.05, 0.1) is 0 Å². The molecular weight excluding hydrogens is 376 g/mol. The molecule has 0 aliphatic carbocycles. The maximum Gasteiger partial charge on any atom is 0.261 e. The average molecular weight is 411 g/mol. The van der Waals surface area contributed by atoms with Crippen molar-refractivity contribution >= 4 is 11.8 Å². The first-order valence-corrected chi connectivity index (χ1v) is 10.6. The van der Waals surface area contributed by atoms with Gasteiger partial charge in [-0.25, -0.2) is 0 Å². The van der Waals surface area contributed by atoms with Gasteiger partial charge >= 0.3 is 0 Å². The van der Waals surface area contributed by atoms with Crippen LogP contribution in [0.2, 0.25) is 0 Å². The summed E-state index contributed by atoms with van der Waals surface area (Å²) in [5.41, 5.74) is 4.18. The third-order valence-corrected chi connectivity index (χ3v) is 5.17. The monoisotopic (exact) mass is 410 g/mol. The summed E-state index contributed by atoms with van der Waals surface area (Å²) in [6.45, 7) is 10.7. The molecule has 0 aliphatic heterocycles. The Kier molecular flexibility index (Phi) is 8.90. The van der Waals surface area contributed by atoms with E-state index in [1.54, 1.807) is 11.8 Å². The highest BCUT2D eigenvalue weighted by Crippen LogP contribution is 2.19. The van der Waals surface area contributed by atoms with Gasteiger partial charge in [-0.3, -0.25) is 9.59 Å². The van der Waals surface area contributed by atoms with E-state index in [0.717, 1.165) is 35.1 Å². The number of ether oxygens (including phenoxy) is 1. The van der Waals surface area contributed by atoms with Crippen molar-refractivity contribution < 1.29 is 14.3 Å². The van der Waals surface area contributed by atoms with Crippen molar-refractivity contribution in [2.75, 3.05) is 13.2 Å². The fourth-order valence-corrected chi connectivity index (χ4v) is 3.09. The molecule has 0 heterocycles. The van der Waals surface area contributed by atoms with Crippen LogP contribution in [-0.4, -0.2) is 35.9 Å². The first-order chi connectivity index (χ1) is 14.3. The van der Waals surface area contributed by atoms with Crippen molar-refractivity contribution in [3.63, 3.8) is 0 Å². The van der Waals surface area contributed by atoms with Crippen LogP contribution in [-0.2, 0) is 16.1 Å². The van der Waals surface area contributed by atoms with Gasteiger partial charge in [0.1, 0.15) is 11.8 Å². The Balaban J connectivity index is 2.13. The predicted octanol–water partition coefficient (Wildman–Crippen LogP) is 4.32. The molecule has 0 aromatic heterocycles. The number of benzene rings is 2. The maximum absolute atomic E-state index is 13.1. The molecule has 5 heteroatoms. The molecule has 162 valence electrons. The Morgan fingerprint density at radius 1 is 1.03 bits per heavy atom. The topological polar surface area (TPSA) is 58.6 Å². The molecule has 0 spiro atoms.